The fourth-order valence-corrected chi connectivity index (χ4v) is 1.86. The molecule has 5 heteroatoms. The Morgan fingerprint density at radius 2 is 2.16 bits per heavy atom. The number of benzene rings is 1. The van der Waals surface area contributed by atoms with Crippen molar-refractivity contribution in [1.29, 1.82) is 0 Å². The number of nitrogens with one attached hydrogen (secondary N) is 2. The molecule has 0 bridgehead atoms. The zero-order valence-corrected chi connectivity index (χ0v) is 11.3. The molecule has 0 radical (unpaired) electrons. The summed E-state index contributed by atoms with van der Waals surface area (Å²) in [6.07, 6.45) is 4.48. The van der Waals surface area contributed by atoms with Crippen molar-refractivity contribution in [3.8, 4) is 11.5 Å². The van der Waals surface area contributed by atoms with Crippen LogP contribution in [0.3, 0.4) is 0 Å². The minimum atomic E-state index is 0.758. The maximum Gasteiger partial charge on any atom is 0.127 e. The van der Waals surface area contributed by atoms with Gasteiger partial charge in [-0.15, -0.1) is 0 Å². The van der Waals surface area contributed by atoms with Crippen molar-refractivity contribution < 1.29 is 9.47 Å². The topological polar surface area (TPSA) is 59.2 Å². The van der Waals surface area contributed by atoms with Crippen LogP contribution in [-0.2, 0) is 13.0 Å². The van der Waals surface area contributed by atoms with Gasteiger partial charge in [0.2, 0.25) is 0 Å². The van der Waals surface area contributed by atoms with E-state index in [1.165, 1.54) is 0 Å². The number of hydrogen-bond donors (Lipinski definition) is 2. The van der Waals surface area contributed by atoms with Crippen LogP contribution >= 0.6 is 0 Å². The normalized spacial score (nSPS) is 10.4. The highest BCUT2D eigenvalue weighted by molar-refractivity contribution is 5.40. The first kappa shape index (κ1) is 13.4. The van der Waals surface area contributed by atoms with Gasteiger partial charge in [-0.05, 0) is 6.07 Å². The van der Waals surface area contributed by atoms with Gasteiger partial charge in [-0.25, -0.2) is 4.98 Å². The second kappa shape index (κ2) is 6.80. The molecule has 0 saturated heterocycles. The minimum Gasteiger partial charge on any atom is -0.497 e. The Labute approximate surface area is 113 Å². The molecule has 1 aromatic heterocycles. The lowest BCUT2D eigenvalue weighted by Gasteiger charge is -2.11. The van der Waals surface area contributed by atoms with E-state index < -0.39 is 0 Å². The predicted octanol–water partition coefficient (Wildman–Crippen LogP) is 1.76. The van der Waals surface area contributed by atoms with Crippen molar-refractivity contribution in [2.75, 3.05) is 20.8 Å². The summed E-state index contributed by atoms with van der Waals surface area (Å²) in [5.41, 5.74) is 1.11. The minimum absolute atomic E-state index is 0.758. The highest BCUT2D eigenvalue weighted by atomic mass is 16.5. The van der Waals surface area contributed by atoms with E-state index in [1.54, 1.807) is 20.4 Å². The molecule has 0 unspecified atom stereocenters. The highest BCUT2D eigenvalue weighted by Gasteiger charge is 2.04. The predicted molar refractivity (Wildman–Crippen MR) is 73.5 cm³/mol. The molecule has 0 atom stereocenters. The number of nitrogens with zero attached hydrogens (tertiary/aromatic N) is 1. The lowest BCUT2D eigenvalue weighted by molar-refractivity contribution is 0.390. The molecule has 0 amide bonds. The molecule has 1 aromatic carbocycles. The average Bonchev–Trinajstić information content (AvgIpc) is 2.96. The number of rotatable bonds is 7. The van der Waals surface area contributed by atoms with E-state index in [0.29, 0.717) is 0 Å². The Bertz CT molecular complexity index is 497. The average molecular weight is 261 g/mol. The number of hydrogen-bond acceptors (Lipinski definition) is 4. The van der Waals surface area contributed by atoms with Crippen molar-refractivity contribution in [1.82, 2.24) is 15.3 Å². The van der Waals surface area contributed by atoms with Crippen LogP contribution in [0.15, 0.2) is 30.6 Å². The van der Waals surface area contributed by atoms with Gasteiger partial charge in [-0.2, -0.15) is 0 Å². The highest BCUT2D eigenvalue weighted by Crippen LogP contribution is 2.24. The molecular formula is C14H19N3O2. The number of H-pyrrole nitrogens is 1. The van der Waals surface area contributed by atoms with E-state index in [1.807, 2.05) is 24.4 Å². The number of aromatic amines is 1. The van der Waals surface area contributed by atoms with Gasteiger partial charge in [0.1, 0.15) is 17.3 Å². The first-order valence-electron chi connectivity index (χ1n) is 6.23. The Balaban J connectivity index is 1.85. The van der Waals surface area contributed by atoms with Crippen molar-refractivity contribution in [3.63, 3.8) is 0 Å². The second-order valence-corrected chi connectivity index (χ2v) is 4.14. The van der Waals surface area contributed by atoms with Gasteiger partial charge in [0, 0.05) is 43.5 Å². The van der Waals surface area contributed by atoms with Gasteiger partial charge >= 0.3 is 0 Å². The zero-order valence-electron chi connectivity index (χ0n) is 11.3. The van der Waals surface area contributed by atoms with Crippen LogP contribution in [0.25, 0.3) is 0 Å². The van der Waals surface area contributed by atoms with E-state index >= 15 is 0 Å². The molecule has 5 nitrogen and oxygen atoms in total. The maximum atomic E-state index is 5.35. The quantitative estimate of drug-likeness (QED) is 0.746. The fraction of sp³-hybridized carbons (Fsp3) is 0.357. The third kappa shape index (κ3) is 3.72. The number of ether oxygens (including phenoxy) is 2. The van der Waals surface area contributed by atoms with Crippen LogP contribution in [0.2, 0.25) is 0 Å². The number of aromatic nitrogens is 2. The molecule has 1 heterocycles. The molecule has 0 aliphatic heterocycles. The lowest BCUT2D eigenvalue weighted by atomic mass is 10.2. The first-order valence-corrected chi connectivity index (χ1v) is 6.23. The molecule has 0 aliphatic rings. The molecule has 102 valence electrons. The smallest absolute Gasteiger partial charge is 0.127 e. The lowest BCUT2D eigenvalue weighted by Crippen LogP contribution is -2.17. The summed E-state index contributed by atoms with van der Waals surface area (Å²) in [6.45, 7) is 1.62. The summed E-state index contributed by atoms with van der Waals surface area (Å²) in [6, 6.07) is 5.84. The Hall–Kier alpha value is -2.01. The third-order valence-corrected chi connectivity index (χ3v) is 2.90. The molecule has 0 fully saturated rings. The summed E-state index contributed by atoms with van der Waals surface area (Å²) in [4.78, 5) is 7.26. The van der Waals surface area contributed by atoms with E-state index in [4.69, 9.17) is 9.47 Å². The van der Waals surface area contributed by atoms with Crippen LogP contribution in [0, 0.1) is 0 Å². The summed E-state index contributed by atoms with van der Waals surface area (Å²) in [7, 11) is 3.32. The fourth-order valence-electron chi connectivity index (χ4n) is 1.86. The van der Waals surface area contributed by atoms with Crippen LogP contribution in [0.1, 0.15) is 11.4 Å². The van der Waals surface area contributed by atoms with Crippen molar-refractivity contribution >= 4 is 0 Å². The molecule has 19 heavy (non-hydrogen) atoms. The molecule has 0 saturated carbocycles. The van der Waals surface area contributed by atoms with Gasteiger partial charge < -0.3 is 19.8 Å². The van der Waals surface area contributed by atoms with E-state index in [2.05, 4.69) is 15.3 Å². The van der Waals surface area contributed by atoms with Crippen molar-refractivity contribution in [2.45, 2.75) is 13.0 Å². The Morgan fingerprint density at radius 3 is 2.84 bits per heavy atom. The van der Waals surface area contributed by atoms with Crippen LogP contribution in [0.5, 0.6) is 11.5 Å². The standard InChI is InChI=1S/C14H19N3O2/c1-18-12-4-3-11(13(9-12)19-2)10-15-6-5-14-16-7-8-17-14/h3-4,7-9,15H,5-6,10H2,1-2H3,(H,16,17). The Kier molecular flexibility index (Phi) is 4.80. The van der Waals surface area contributed by atoms with Gasteiger partial charge in [-0.3, -0.25) is 0 Å². The molecule has 2 rings (SSSR count). The van der Waals surface area contributed by atoms with E-state index in [-0.39, 0.29) is 0 Å². The van der Waals surface area contributed by atoms with Crippen molar-refractivity contribution in [3.05, 3.63) is 42.0 Å². The summed E-state index contributed by atoms with van der Waals surface area (Å²) in [5.74, 6) is 2.63. The maximum absolute atomic E-state index is 5.35. The molecular weight excluding hydrogens is 242 g/mol. The van der Waals surface area contributed by atoms with Gasteiger partial charge in [0.25, 0.3) is 0 Å². The van der Waals surface area contributed by atoms with Gasteiger partial charge in [0.05, 0.1) is 14.2 Å². The summed E-state index contributed by atoms with van der Waals surface area (Å²) >= 11 is 0. The van der Waals surface area contributed by atoms with Crippen LogP contribution < -0.4 is 14.8 Å². The third-order valence-electron chi connectivity index (χ3n) is 2.90. The number of imidazole rings is 1. The molecule has 0 aliphatic carbocycles. The van der Waals surface area contributed by atoms with E-state index in [0.717, 1.165) is 42.4 Å². The number of methoxy groups -OCH3 is 2. The monoisotopic (exact) mass is 261 g/mol. The Morgan fingerprint density at radius 1 is 1.26 bits per heavy atom. The van der Waals surface area contributed by atoms with Crippen LogP contribution in [0.4, 0.5) is 0 Å². The molecule has 0 spiro atoms. The summed E-state index contributed by atoms with van der Waals surface area (Å²) < 4.78 is 10.5. The SMILES string of the molecule is COc1ccc(CNCCc2ncc[nH]2)c(OC)c1. The van der Waals surface area contributed by atoms with Gasteiger partial charge in [0.15, 0.2) is 0 Å². The largest absolute Gasteiger partial charge is 0.497 e. The molecule has 2 aromatic rings. The molecule has 2 N–H and O–H groups in total. The second-order valence-electron chi connectivity index (χ2n) is 4.14. The van der Waals surface area contributed by atoms with Gasteiger partial charge in [-0.1, -0.05) is 6.07 Å². The van der Waals surface area contributed by atoms with E-state index in [9.17, 15) is 0 Å². The zero-order chi connectivity index (χ0) is 13.5. The first-order chi connectivity index (χ1) is 9.33. The summed E-state index contributed by atoms with van der Waals surface area (Å²) in [5, 5.41) is 3.37. The van der Waals surface area contributed by atoms with Crippen molar-refractivity contribution in [2.24, 2.45) is 0 Å². The van der Waals surface area contributed by atoms with Crippen LogP contribution in [-0.4, -0.2) is 30.7 Å².